The number of morpholine rings is 1. The molecule has 0 aromatic heterocycles. The summed E-state index contributed by atoms with van der Waals surface area (Å²) in [6.07, 6.45) is 0.139. The number of hydrogen-bond donors (Lipinski definition) is 1. The Morgan fingerprint density at radius 3 is 2.12 bits per heavy atom. The smallest absolute Gasteiger partial charge is 0.376 e. The van der Waals surface area contributed by atoms with Gasteiger partial charge in [0.2, 0.25) is 0 Å². The first-order valence-corrected chi connectivity index (χ1v) is 8.43. The first-order valence-electron chi connectivity index (χ1n) is 6.50. The van der Waals surface area contributed by atoms with Gasteiger partial charge in [0.15, 0.2) is 0 Å². The lowest BCUT2D eigenvalue weighted by Gasteiger charge is -2.33. The minimum absolute atomic E-state index is 0.139. The molecule has 0 spiro atoms. The summed E-state index contributed by atoms with van der Waals surface area (Å²) in [6.45, 7) is 10.3. The molecule has 1 heterocycles. The van der Waals surface area contributed by atoms with E-state index in [0.717, 1.165) is 25.7 Å². The van der Waals surface area contributed by atoms with Crippen molar-refractivity contribution >= 4 is 8.80 Å². The van der Waals surface area contributed by atoms with E-state index in [1.54, 1.807) is 0 Å². The Morgan fingerprint density at radius 1 is 1.12 bits per heavy atom. The number of nitrogens with one attached hydrogen (secondary N) is 1. The molecule has 1 rings (SSSR count). The van der Waals surface area contributed by atoms with Crippen LogP contribution in [0.1, 0.15) is 20.8 Å². The summed E-state index contributed by atoms with van der Waals surface area (Å²) in [5.74, 6) is 0. The molecule has 102 valence electrons. The molecule has 0 aromatic rings. The molecule has 1 saturated heterocycles. The molecule has 0 amide bonds. The molecule has 0 bridgehead atoms. The third-order valence-corrected chi connectivity index (χ3v) is 5.72. The summed E-state index contributed by atoms with van der Waals surface area (Å²) in [4.78, 5) is 0. The maximum absolute atomic E-state index is 5.80. The largest absolute Gasteiger partial charge is 0.503 e. The van der Waals surface area contributed by atoms with Crippen molar-refractivity contribution in [2.24, 2.45) is 0 Å². The average molecular weight is 263 g/mol. The zero-order valence-corrected chi connectivity index (χ0v) is 12.2. The van der Waals surface area contributed by atoms with Crippen molar-refractivity contribution in [3.8, 4) is 0 Å². The van der Waals surface area contributed by atoms with Gasteiger partial charge in [0.25, 0.3) is 0 Å². The van der Waals surface area contributed by atoms with E-state index in [-0.39, 0.29) is 6.10 Å². The second kappa shape index (κ2) is 8.18. The molecule has 1 aliphatic rings. The van der Waals surface area contributed by atoms with Crippen LogP contribution in [0.5, 0.6) is 0 Å². The molecule has 5 nitrogen and oxygen atoms in total. The molecular formula is C11H25NO4Si. The molecule has 6 heteroatoms. The molecule has 1 atom stereocenters. The minimum atomic E-state index is -2.55. The summed E-state index contributed by atoms with van der Waals surface area (Å²) in [6, 6.07) is 0.732. The maximum atomic E-state index is 5.80. The molecule has 1 unspecified atom stereocenters. The monoisotopic (exact) mass is 263 g/mol. The van der Waals surface area contributed by atoms with Gasteiger partial charge in [0, 0.05) is 39.0 Å². The number of rotatable bonds is 8. The highest BCUT2D eigenvalue weighted by Crippen LogP contribution is 2.20. The Bertz CT molecular complexity index is 183. The predicted molar refractivity (Wildman–Crippen MR) is 68.0 cm³/mol. The Morgan fingerprint density at radius 2 is 1.71 bits per heavy atom. The van der Waals surface area contributed by atoms with E-state index in [1.165, 1.54) is 0 Å². The highest BCUT2D eigenvalue weighted by molar-refractivity contribution is 6.60. The normalized spacial score (nSPS) is 21.7. The summed E-state index contributed by atoms with van der Waals surface area (Å²) in [5, 5.41) is 3.31. The van der Waals surface area contributed by atoms with E-state index in [4.69, 9.17) is 18.0 Å². The summed E-state index contributed by atoms with van der Waals surface area (Å²) in [7, 11) is -2.55. The van der Waals surface area contributed by atoms with Crippen LogP contribution < -0.4 is 5.32 Å². The molecule has 0 radical (unpaired) electrons. The van der Waals surface area contributed by atoms with Crippen LogP contribution in [0.15, 0.2) is 0 Å². The topological polar surface area (TPSA) is 49.0 Å². The van der Waals surface area contributed by atoms with Crippen molar-refractivity contribution in [2.75, 3.05) is 39.5 Å². The number of ether oxygens (including phenoxy) is 1. The van der Waals surface area contributed by atoms with Crippen LogP contribution in [0.4, 0.5) is 0 Å². The summed E-state index contributed by atoms with van der Waals surface area (Å²) in [5.41, 5.74) is 0. The molecule has 1 aliphatic heterocycles. The van der Waals surface area contributed by atoms with Gasteiger partial charge >= 0.3 is 8.80 Å². The molecule has 0 aliphatic carbocycles. The highest BCUT2D eigenvalue weighted by Gasteiger charge is 2.43. The molecular weight excluding hydrogens is 238 g/mol. The average Bonchev–Trinajstić information content (AvgIpc) is 2.31. The van der Waals surface area contributed by atoms with Crippen LogP contribution in [-0.2, 0) is 18.0 Å². The number of hydrogen-bond acceptors (Lipinski definition) is 5. The van der Waals surface area contributed by atoms with Gasteiger partial charge in [-0.3, -0.25) is 0 Å². The van der Waals surface area contributed by atoms with Crippen molar-refractivity contribution < 1.29 is 18.0 Å². The van der Waals surface area contributed by atoms with Crippen LogP contribution in [0.25, 0.3) is 0 Å². The quantitative estimate of drug-likeness (QED) is 0.663. The van der Waals surface area contributed by atoms with E-state index >= 15 is 0 Å². The van der Waals surface area contributed by atoms with E-state index in [9.17, 15) is 0 Å². The SMILES string of the molecule is CCO[Si](CC1CNCCO1)(OCC)OCC. The highest BCUT2D eigenvalue weighted by atomic mass is 28.4. The third kappa shape index (κ3) is 5.03. The van der Waals surface area contributed by atoms with E-state index in [1.807, 2.05) is 20.8 Å². The van der Waals surface area contributed by atoms with Crippen molar-refractivity contribution in [1.29, 1.82) is 0 Å². The molecule has 1 fully saturated rings. The van der Waals surface area contributed by atoms with Crippen LogP contribution >= 0.6 is 0 Å². The predicted octanol–water partition coefficient (Wildman–Crippen LogP) is 1.02. The van der Waals surface area contributed by atoms with Crippen LogP contribution in [0.3, 0.4) is 0 Å². The fraction of sp³-hybridized carbons (Fsp3) is 1.00. The lowest BCUT2D eigenvalue weighted by atomic mass is 10.3. The zero-order chi connectivity index (χ0) is 12.6. The Kier molecular flexibility index (Phi) is 7.25. The fourth-order valence-corrected chi connectivity index (χ4v) is 4.73. The van der Waals surface area contributed by atoms with E-state index in [2.05, 4.69) is 5.32 Å². The van der Waals surface area contributed by atoms with Crippen molar-refractivity contribution in [1.82, 2.24) is 5.32 Å². The Labute approximate surface area is 105 Å². The minimum Gasteiger partial charge on any atom is -0.376 e. The fourth-order valence-electron chi connectivity index (χ4n) is 1.99. The van der Waals surface area contributed by atoms with E-state index < -0.39 is 8.80 Å². The van der Waals surface area contributed by atoms with Gasteiger partial charge in [-0.1, -0.05) is 0 Å². The molecule has 0 aromatic carbocycles. The van der Waals surface area contributed by atoms with Gasteiger partial charge in [-0.05, 0) is 20.8 Å². The van der Waals surface area contributed by atoms with Crippen molar-refractivity contribution in [3.63, 3.8) is 0 Å². The van der Waals surface area contributed by atoms with Crippen molar-refractivity contribution in [3.05, 3.63) is 0 Å². The third-order valence-electron chi connectivity index (χ3n) is 2.57. The van der Waals surface area contributed by atoms with Crippen LogP contribution in [0.2, 0.25) is 6.04 Å². The maximum Gasteiger partial charge on any atom is 0.503 e. The zero-order valence-electron chi connectivity index (χ0n) is 11.2. The standard InChI is InChI=1S/C11H25NO4Si/c1-4-14-17(15-5-2,16-6-3)10-11-9-12-7-8-13-11/h11-12H,4-10H2,1-3H3. The van der Waals surface area contributed by atoms with Gasteiger partial charge in [0.1, 0.15) is 0 Å². The molecule has 17 heavy (non-hydrogen) atoms. The summed E-state index contributed by atoms with van der Waals surface area (Å²) >= 11 is 0. The Balaban J connectivity index is 2.57. The van der Waals surface area contributed by atoms with Gasteiger partial charge in [-0.15, -0.1) is 0 Å². The van der Waals surface area contributed by atoms with Gasteiger partial charge in [0.05, 0.1) is 12.7 Å². The Hall–Kier alpha value is 0.0169. The second-order valence-corrected chi connectivity index (χ2v) is 6.52. The first-order chi connectivity index (χ1) is 8.26. The van der Waals surface area contributed by atoms with Gasteiger partial charge in [-0.25, -0.2) is 0 Å². The van der Waals surface area contributed by atoms with Gasteiger partial charge < -0.3 is 23.3 Å². The van der Waals surface area contributed by atoms with Crippen LogP contribution in [0, 0.1) is 0 Å². The van der Waals surface area contributed by atoms with Crippen molar-refractivity contribution in [2.45, 2.75) is 32.9 Å². The molecule has 0 saturated carbocycles. The van der Waals surface area contributed by atoms with E-state index in [0.29, 0.717) is 19.8 Å². The van der Waals surface area contributed by atoms with Gasteiger partial charge in [-0.2, -0.15) is 0 Å². The second-order valence-electron chi connectivity index (χ2n) is 3.88. The first kappa shape index (κ1) is 15.1. The molecule has 1 N–H and O–H groups in total. The lowest BCUT2D eigenvalue weighted by Crippen LogP contribution is -2.52. The van der Waals surface area contributed by atoms with Crippen LogP contribution in [-0.4, -0.2) is 54.4 Å². The summed E-state index contributed by atoms with van der Waals surface area (Å²) < 4.78 is 23.1. The lowest BCUT2D eigenvalue weighted by molar-refractivity contribution is 0.0117.